The van der Waals surface area contributed by atoms with Gasteiger partial charge in [0.1, 0.15) is 11.8 Å². The normalized spacial score (nSPS) is 12.9. The minimum atomic E-state index is 0.162. The van der Waals surface area contributed by atoms with Crippen molar-refractivity contribution in [1.29, 1.82) is 0 Å². The lowest BCUT2D eigenvalue weighted by molar-refractivity contribution is 0.455. The largest absolute Gasteiger partial charge is 0.467 e. The molecule has 0 amide bonds. The zero-order valence-electron chi connectivity index (χ0n) is 9.29. The van der Waals surface area contributed by atoms with E-state index in [1.807, 2.05) is 12.1 Å². The summed E-state index contributed by atoms with van der Waals surface area (Å²) in [6.07, 6.45) is 1.72. The predicted octanol–water partition coefficient (Wildman–Crippen LogP) is 4.11. The second-order valence-electron chi connectivity index (χ2n) is 3.61. The molecular weight excluding hydrogens is 286 g/mol. The van der Waals surface area contributed by atoms with E-state index in [0.29, 0.717) is 0 Å². The highest BCUT2D eigenvalue weighted by Crippen LogP contribution is 2.34. The standard InChI is InChI=1S/C12H14BrNOS/c1-3-14-11(9-5-4-6-15-9)10-7-8(2)12(13)16-10/h4-7,11,14H,3H2,1-2H3. The van der Waals surface area contributed by atoms with Gasteiger partial charge in [-0.05, 0) is 53.2 Å². The molecule has 0 bridgehead atoms. The molecule has 0 aliphatic carbocycles. The maximum Gasteiger partial charge on any atom is 0.126 e. The van der Waals surface area contributed by atoms with E-state index in [1.165, 1.54) is 14.2 Å². The summed E-state index contributed by atoms with van der Waals surface area (Å²) in [6.45, 7) is 5.13. The van der Waals surface area contributed by atoms with Crippen LogP contribution in [-0.2, 0) is 0 Å². The summed E-state index contributed by atoms with van der Waals surface area (Å²) in [5, 5.41) is 3.44. The Morgan fingerprint density at radius 1 is 1.56 bits per heavy atom. The molecule has 0 aliphatic rings. The molecule has 16 heavy (non-hydrogen) atoms. The van der Waals surface area contributed by atoms with Crippen LogP contribution in [-0.4, -0.2) is 6.54 Å². The van der Waals surface area contributed by atoms with Crippen LogP contribution in [0.4, 0.5) is 0 Å². The maximum absolute atomic E-state index is 5.48. The van der Waals surface area contributed by atoms with Crippen LogP contribution >= 0.6 is 27.3 Å². The molecule has 4 heteroatoms. The fourth-order valence-corrected chi connectivity index (χ4v) is 3.28. The Morgan fingerprint density at radius 3 is 2.88 bits per heavy atom. The van der Waals surface area contributed by atoms with Gasteiger partial charge in [0.05, 0.1) is 10.0 Å². The SMILES string of the molecule is CCNC(c1ccco1)c1cc(C)c(Br)s1. The van der Waals surface area contributed by atoms with E-state index in [1.54, 1.807) is 17.6 Å². The molecule has 1 atom stereocenters. The van der Waals surface area contributed by atoms with Crippen molar-refractivity contribution in [3.05, 3.63) is 44.4 Å². The average molecular weight is 300 g/mol. The molecule has 0 saturated carbocycles. The first-order valence-corrected chi connectivity index (χ1v) is 6.86. The zero-order chi connectivity index (χ0) is 11.5. The van der Waals surface area contributed by atoms with Gasteiger partial charge < -0.3 is 9.73 Å². The van der Waals surface area contributed by atoms with Gasteiger partial charge in [0.25, 0.3) is 0 Å². The van der Waals surface area contributed by atoms with E-state index < -0.39 is 0 Å². The fraction of sp³-hybridized carbons (Fsp3) is 0.333. The molecule has 0 radical (unpaired) electrons. The quantitative estimate of drug-likeness (QED) is 0.919. The molecular formula is C12H14BrNOS. The summed E-state index contributed by atoms with van der Waals surface area (Å²) in [5.74, 6) is 0.968. The zero-order valence-corrected chi connectivity index (χ0v) is 11.7. The van der Waals surface area contributed by atoms with Gasteiger partial charge in [0.2, 0.25) is 0 Å². The van der Waals surface area contributed by atoms with Crippen LogP contribution in [0.2, 0.25) is 0 Å². The number of hydrogen-bond acceptors (Lipinski definition) is 3. The lowest BCUT2D eigenvalue weighted by atomic mass is 10.1. The summed E-state index contributed by atoms with van der Waals surface area (Å²) in [6, 6.07) is 6.30. The molecule has 2 aromatic rings. The number of halogens is 1. The van der Waals surface area contributed by atoms with E-state index in [2.05, 4.69) is 41.2 Å². The minimum absolute atomic E-state index is 0.162. The highest BCUT2D eigenvalue weighted by molar-refractivity contribution is 9.11. The summed E-state index contributed by atoms with van der Waals surface area (Å²) in [4.78, 5) is 1.28. The second kappa shape index (κ2) is 5.17. The third-order valence-electron chi connectivity index (χ3n) is 2.40. The van der Waals surface area contributed by atoms with E-state index >= 15 is 0 Å². The van der Waals surface area contributed by atoms with Crippen molar-refractivity contribution < 1.29 is 4.42 Å². The first-order valence-electron chi connectivity index (χ1n) is 5.25. The third-order valence-corrected chi connectivity index (χ3v) is 4.60. The van der Waals surface area contributed by atoms with Gasteiger partial charge in [-0.25, -0.2) is 0 Å². The molecule has 1 unspecified atom stereocenters. The van der Waals surface area contributed by atoms with Gasteiger partial charge in [-0.3, -0.25) is 0 Å². The topological polar surface area (TPSA) is 25.2 Å². The van der Waals surface area contributed by atoms with Crippen LogP contribution in [0.5, 0.6) is 0 Å². The van der Waals surface area contributed by atoms with Crippen LogP contribution in [0, 0.1) is 6.92 Å². The van der Waals surface area contributed by atoms with Gasteiger partial charge in [-0.2, -0.15) is 0 Å². The molecule has 86 valence electrons. The summed E-state index contributed by atoms with van der Waals surface area (Å²) >= 11 is 5.31. The molecule has 2 aromatic heterocycles. The Bertz CT molecular complexity index is 430. The van der Waals surface area contributed by atoms with Crippen molar-refractivity contribution in [3.63, 3.8) is 0 Å². The van der Waals surface area contributed by atoms with Gasteiger partial charge >= 0.3 is 0 Å². The number of thiophene rings is 1. The van der Waals surface area contributed by atoms with Gasteiger partial charge in [-0.1, -0.05) is 6.92 Å². The number of furan rings is 1. The van der Waals surface area contributed by atoms with Crippen molar-refractivity contribution in [2.24, 2.45) is 0 Å². The molecule has 1 N–H and O–H groups in total. The Labute approximate surface area is 108 Å². The average Bonchev–Trinajstić information content (AvgIpc) is 2.86. The molecule has 0 fully saturated rings. The minimum Gasteiger partial charge on any atom is -0.467 e. The molecule has 0 aromatic carbocycles. The first kappa shape index (κ1) is 11.9. The van der Waals surface area contributed by atoms with Gasteiger partial charge in [0.15, 0.2) is 0 Å². The molecule has 0 aliphatic heterocycles. The highest BCUT2D eigenvalue weighted by atomic mass is 79.9. The first-order chi connectivity index (χ1) is 7.72. The fourth-order valence-electron chi connectivity index (χ4n) is 1.63. The molecule has 0 spiro atoms. The summed E-state index contributed by atoms with van der Waals surface area (Å²) in [5.41, 5.74) is 1.27. The van der Waals surface area contributed by atoms with Gasteiger partial charge in [-0.15, -0.1) is 11.3 Å². The van der Waals surface area contributed by atoms with Crippen molar-refractivity contribution in [3.8, 4) is 0 Å². The van der Waals surface area contributed by atoms with E-state index in [-0.39, 0.29) is 6.04 Å². The summed E-state index contributed by atoms with van der Waals surface area (Å²) in [7, 11) is 0. The van der Waals surface area contributed by atoms with Crippen molar-refractivity contribution >= 4 is 27.3 Å². The van der Waals surface area contributed by atoms with Crippen molar-refractivity contribution in [1.82, 2.24) is 5.32 Å². The molecule has 2 rings (SSSR count). The number of nitrogens with one attached hydrogen (secondary N) is 1. The Kier molecular flexibility index (Phi) is 3.84. The number of rotatable bonds is 4. The predicted molar refractivity (Wildman–Crippen MR) is 71.0 cm³/mol. The van der Waals surface area contributed by atoms with Gasteiger partial charge in [0, 0.05) is 4.88 Å². The van der Waals surface area contributed by atoms with Crippen LogP contribution in [0.1, 0.15) is 29.2 Å². The molecule has 2 nitrogen and oxygen atoms in total. The Hall–Kier alpha value is -0.580. The maximum atomic E-state index is 5.48. The Balaban J connectivity index is 2.32. The van der Waals surface area contributed by atoms with Crippen molar-refractivity contribution in [2.75, 3.05) is 6.54 Å². The third kappa shape index (κ3) is 2.39. The Morgan fingerprint density at radius 2 is 2.38 bits per heavy atom. The van der Waals surface area contributed by atoms with E-state index in [0.717, 1.165) is 12.3 Å². The smallest absolute Gasteiger partial charge is 0.126 e. The van der Waals surface area contributed by atoms with Crippen molar-refractivity contribution in [2.45, 2.75) is 19.9 Å². The van der Waals surface area contributed by atoms with Crippen LogP contribution in [0.25, 0.3) is 0 Å². The second-order valence-corrected chi connectivity index (χ2v) is 6.01. The monoisotopic (exact) mass is 299 g/mol. The number of aryl methyl sites for hydroxylation is 1. The highest BCUT2D eigenvalue weighted by Gasteiger charge is 2.18. The summed E-state index contributed by atoms with van der Waals surface area (Å²) < 4.78 is 6.67. The molecule has 0 saturated heterocycles. The van der Waals surface area contributed by atoms with E-state index in [4.69, 9.17) is 4.42 Å². The van der Waals surface area contributed by atoms with E-state index in [9.17, 15) is 0 Å². The lowest BCUT2D eigenvalue weighted by Crippen LogP contribution is -2.20. The van der Waals surface area contributed by atoms with Crippen LogP contribution in [0.15, 0.2) is 32.7 Å². The van der Waals surface area contributed by atoms with Crippen LogP contribution < -0.4 is 5.32 Å². The van der Waals surface area contributed by atoms with Crippen LogP contribution in [0.3, 0.4) is 0 Å². The number of hydrogen-bond donors (Lipinski definition) is 1. The lowest BCUT2D eigenvalue weighted by Gasteiger charge is -2.13. The molecule has 2 heterocycles.